The van der Waals surface area contributed by atoms with Gasteiger partial charge in [-0.1, -0.05) is 49.4 Å². The summed E-state index contributed by atoms with van der Waals surface area (Å²) in [6.07, 6.45) is 2.53. The summed E-state index contributed by atoms with van der Waals surface area (Å²) in [6, 6.07) is 18.8. The van der Waals surface area contributed by atoms with Crippen LogP contribution in [0, 0.1) is 0 Å². The Labute approximate surface area is 204 Å². The third-order valence-corrected chi connectivity index (χ3v) is 6.59. The third kappa shape index (κ3) is 5.12. The first-order valence-electron chi connectivity index (χ1n) is 10.4. The number of fused-ring (bicyclic) bond motifs is 1. The first-order valence-corrected chi connectivity index (χ1v) is 12.0. The van der Waals surface area contributed by atoms with Gasteiger partial charge in [0.2, 0.25) is 5.91 Å². The fourth-order valence-corrected chi connectivity index (χ4v) is 4.63. The molecule has 0 bridgehead atoms. The number of imide groups is 1. The maximum absolute atomic E-state index is 13.0. The molecule has 4 rings (SSSR count). The molecule has 3 aromatic rings. The summed E-state index contributed by atoms with van der Waals surface area (Å²) in [7, 11) is 0. The molecule has 1 saturated heterocycles. The van der Waals surface area contributed by atoms with Gasteiger partial charge < -0.3 is 10.1 Å². The number of hydrogen-bond donors (Lipinski definition) is 1. The van der Waals surface area contributed by atoms with Crippen LogP contribution in [0.3, 0.4) is 0 Å². The number of thioether (sulfide) groups is 1. The van der Waals surface area contributed by atoms with E-state index in [0.29, 0.717) is 22.5 Å². The lowest BCUT2D eigenvalue weighted by molar-refractivity contribution is -0.127. The van der Waals surface area contributed by atoms with Gasteiger partial charge in [0.15, 0.2) is 0 Å². The Kier molecular flexibility index (Phi) is 7.15. The smallest absolute Gasteiger partial charge is 0.294 e. The van der Waals surface area contributed by atoms with Crippen LogP contribution in [0.5, 0.6) is 5.75 Å². The topological polar surface area (TPSA) is 75.7 Å². The molecule has 3 amide bonds. The lowest BCUT2D eigenvalue weighted by Gasteiger charge is -2.13. The van der Waals surface area contributed by atoms with E-state index >= 15 is 0 Å². The average Bonchev–Trinajstić information content (AvgIpc) is 3.07. The molecule has 1 aliphatic heterocycles. The van der Waals surface area contributed by atoms with Gasteiger partial charge >= 0.3 is 0 Å². The van der Waals surface area contributed by atoms with E-state index in [1.807, 2.05) is 49.4 Å². The lowest BCUT2D eigenvalue weighted by Crippen LogP contribution is -2.36. The number of nitrogens with zero attached hydrogens (tertiary/aromatic N) is 1. The quantitative estimate of drug-likeness (QED) is 0.379. The van der Waals surface area contributed by atoms with Crippen molar-refractivity contribution in [3.8, 4) is 5.75 Å². The van der Waals surface area contributed by atoms with Crippen molar-refractivity contribution < 1.29 is 19.1 Å². The summed E-state index contributed by atoms with van der Waals surface area (Å²) in [5, 5.41) is 4.16. The van der Waals surface area contributed by atoms with Gasteiger partial charge in [0.1, 0.15) is 12.3 Å². The molecule has 1 aliphatic rings. The first kappa shape index (κ1) is 23.1. The molecule has 1 N–H and O–H groups in total. The highest BCUT2D eigenvalue weighted by Crippen LogP contribution is 2.37. The standard InChI is InChI=1S/C25H21BrN2O4S/c1-2-13-32-21-12-11-16-7-3-4-8-17(16)18(21)14-22-24(30)28(25(31)33-22)15-23(29)27-20-10-6-5-9-19(20)26/h3-12,14H,2,13,15H2,1H3,(H,27,29)/b22-14-. The van der Waals surface area contributed by atoms with Gasteiger partial charge in [0.25, 0.3) is 11.1 Å². The van der Waals surface area contributed by atoms with Crippen LogP contribution in [0.2, 0.25) is 0 Å². The normalized spacial score (nSPS) is 14.8. The number of rotatable bonds is 7. The number of ether oxygens (including phenoxy) is 1. The second-order valence-corrected chi connectivity index (χ2v) is 9.19. The lowest BCUT2D eigenvalue weighted by atomic mass is 10.0. The zero-order valence-corrected chi connectivity index (χ0v) is 20.2. The van der Waals surface area contributed by atoms with E-state index in [9.17, 15) is 14.4 Å². The van der Waals surface area contributed by atoms with E-state index in [1.165, 1.54) is 0 Å². The van der Waals surface area contributed by atoms with Gasteiger partial charge in [0, 0.05) is 10.0 Å². The predicted molar refractivity (Wildman–Crippen MR) is 135 cm³/mol. The molecule has 0 radical (unpaired) electrons. The molecule has 0 aromatic heterocycles. The zero-order chi connectivity index (χ0) is 23.4. The Hall–Kier alpha value is -3.10. The van der Waals surface area contributed by atoms with Crippen LogP contribution in [0.25, 0.3) is 16.8 Å². The highest BCUT2D eigenvalue weighted by molar-refractivity contribution is 9.10. The van der Waals surface area contributed by atoms with Crippen LogP contribution < -0.4 is 10.1 Å². The van der Waals surface area contributed by atoms with E-state index in [0.717, 1.165) is 39.4 Å². The Morgan fingerprint density at radius 3 is 2.64 bits per heavy atom. The number of nitrogens with one attached hydrogen (secondary N) is 1. The molecule has 168 valence electrons. The minimum Gasteiger partial charge on any atom is -0.493 e. The summed E-state index contributed by atoms with van der Waals surface area (Å²) in [6.45, 7) is 2.19. The summed E-state index contributed by atoms with van der Waals surface area (Å²) < 4.78 is 6.61. The van der Waals surface area contributed by atoms with Crippen LogP contribution in [0.15, 0.2) is 70.0 Å². The number of hydrogen-bond acceptors (Lipinski definition) is 5. The van der Waals surface area contributed by atoms with Crippen molar-refractivity contribution in [2.24, 2.45) is 0 Å². The molecular formula is C25H21BrN2O4S. The van der Waals surface area contributed by atoms with Crippen LogP contribution in [0.4, 0.5) is 10.5 Å². The second-order valence-electron chi connectivity index (χ2n) is 7.34. The van der Waals surface area contributed by atoms with Gasteiger partial charge in [-0.2, -0.15) is 0 Å². The van der Waals surface area contributed by atoms with Crippen molar-refractivity contribution in [3.63, 3.8) is 0 Å². The van der Waals surface area contributed by atoms with E-state index in [4.69, 9.17) is 4.74 Å². The van der Waals surface area contributed by atoms with Gasteiger partial charge in [-0.05, 0) is 69.2 Å². The highest BCUT2D eigenvalue weighted by atomic mass is 79.9. The van der Waals surface area contributed by atoms with E-state index < -0.39 is 17.1 Å². The summed E-state index contributed by atoms with van der Waals surface area (Å²) in [4.78, 5) is 39.3. The minimum atomic E-state index is -0.498. The molecule has 3 aromatic carbocycles. The van der Waals surface area contributed by atoms with Crippen molar-refractivity contribution in [1.29, 1.82) is 0 Å². The molecule has 33 heavy (non-hydrogen) atoms. The Morgan fingerprint density at radius 2 is 1.85 bits per heavy atom. The van der Waals surface area contributed by atoms with Crippen molar-refractivity contribution >= 4 is 67.3 Å². The Balaban J connectivity index is 1.60. The van der Waals surface area contributed by atoms with Gasteiger partial charge in [-0.3, -0.25) is 19.3 Å². The molecule has 1 heterocycles. The SMILES string of the molecule is CCCOc1ccc2ccccc2c1/C=C1\SC(=O)N(CC(=O)Nc2ccccc2Br)C1=O. The van der Waals surface area contributed by atoms with Crippen molar-refractivity contribution in [1.82, 2.24) is 4.90 Å². The number of amides is 3. The number of anilines is 1. The van der Waals surface area contributed by atoms with Gasteiger partial charge in [0.05, 0.1) is 17.2 Å². The molecule has 0 unspecified atom stereocenters. The molecule has 0 spiro atoms. The molecular weight excluding hydrogens is 504 g/mol. The van der Waals surface area contributed by atoms with Crippen LogP contribution in [-0.4, -0.2) is 35.1 Å². The van der Waals surface area contributed by atoms with E-state index in [1.54, 1.807) is 24.3 Å². The monoisotopic (exact) mass is 524 g/mol. The molecule has 1 fully saturated rings. The number of para-hydroxylation sites is 1. The number of carbonyl (C=O) groups excluding carboxylic acids is 3. The Bertz CT molecular complexity index is 1270. The molecule has 6 nitrogen and oxygen atoms in total. The predicted octanol–water partition coefficient (Wildman–Crippen LogP) is 6.07. The van der Waals surface area contributed by atoms with Crippen LogP contribution >= 0.6 is 27.7 Å². The minimum absolute atomic E-state index is 0.256. The zero-order valence-electron chi connectivity index (χ0n) is 17.8. The summed E-state index contributed by atoms with van der Waals surface area (Å²) >= 11 is 4.19. The number of halogens is 1. The van der Waals surface area contributed by atoms with Gasteiger partial charge in [-0.15, -0.1) is 0 Å². The molecule has 0 aliphatic carbocycles. The largest absolute Gasteiger partial charge is 0.493 e. The van der Waals surface area contributed by atoms with Crippen molar-refractivity contribution in [3.05, 3.63) is 75.6 Å². The van der Waals surface area contributed by atoms with E-state index in [2.05, 4.69) is 21.2 Å². The highest BCUT2D eigenvalue weighted by Gasteiger charge is 2.36. The molecule has 0 atom stereocenters. The summed E-state index contributed by atoms with van der Waals surface area (Å²) in [5.41, 5.74) is 1.31. The van der Waals surface area contributed by atoms with Crippen LogP contribution in [0.1, 0.15) is 18.9 Å². The number of benzene rings is 3. The fraction of sp³-hybridized carbons (Fsp3) is 0.160. The molecule has 8 heteroatoms. The van der Waals surface area contributed by atoms with Gasteiger partial charge in [-0.25, -0.2) is 0 Å². The van der Waals surface area contributed by atoms with E-state index in [-0.39, 0.29) is 11.4 Å². The Morgan fingerprint density at radius 1 is 1.09 bits per heavy atom. The maximum Gasteiger partial charge on any atom is 0.294 e. The third-order valence-electron chi connectivity index (χ3n) is 4.99. The maximum atomic E-state index is 13.0. The fourth-order valence-electron chi connectivity index (χ4n) is 3.43. The van der Waals surface area contributed by atoms with Crippen molar-refractivity contribution in [2.45, 2.75) is 13.3 Å². The number of carbonyl (C=O) groups is 3. The second kappa shape index (κ2) is 10.2. The first-order chi connectivity index (χ1) is 16.0. The average molecular weight is 525 g/mol. The summed E-state index contributed by atoms with van der Waals surface area (Å²) in [5.74, 6) is -0.307. The van der Waals surface area contributed by atoms with Crippen LogP contribution in [-0.2, 0) is 9.59 Å². The van der Waals surface area contributed by atoms with Crippen molar-refractivity contribution in [2.75, 3.05) is 18.5 Å². The molecule has 0 saturated carbocycles.